The van der Waals surface area contributed by atoms with Gasteiger partial charge in [-0.25, -0.2) is 12.7 Å². The third-order valence-corrected chi connectivity index (χ3v) is 6.16. The first-order chi connectivity index (χ1) is 9.56. The molecule has 0 amide bonds. The summed E-state index contributed by atoms with van der Waals surface area (Å²) in [4.78, 5) is 0.196. The molecule has 0 heterocycles. The minimum absolute atomic E-state index is 0.0621. The number of aliphatic hydroxyl groups is 1. The van der Waals surface area contributed by atoms with Gasteiger partial charge in [-0.1, -0.05) is 13.8 Å². The smallest absolute Gasteiger partial charge is 0.242 e. The van der Waals surface area contributed by atoms with Crippen LogP contribution in [-0.2, 0) is 10.0 Å². The van der Waals surface area contributed by atoms with Crippen molar-refractivity contribution in [3.63, 3.8) is 0 Å². The maximum absolute atomic E-state index is 12.2. The van der Waals surface area contributed by atoms with E-state index in [0.717, 1.165) is 0 Å². The van der Waals surface area contributed by atoms with Gasteiger partial charge in [0.2, 0.25) is 10.0 Å². The van der Waals surface area contributed by atoms with E-state index in [2.05, 4.69) is 5.32 Å². The molecule has 1 fully saturated rings. The number of rotatable bonds is 4. The van der Waals surface area contributed by atoms with Crippen LogP contribution in [0.1, 0.15) is 20.3 Å². The van der Waals surface area contributed by atoms with Crippen LogP contribution in [0, 0.1) is 5.41 Å². The van der Waals surface area contributed by atoms with Crippen molar-refractivity contribution in [1.29, 1.82) is 0 Å². The number of nitrogens with zero attached hydrogens (tertiary/aromatic N) is 1. The van der Waals surface area contributed by atoms with Crippen LogP contribution < -0.4 is 11.1 Å². The van der Waals surface area contributed by atoms with Crippen molar-refractivity contribution in [3.8, 4) is 0 Å². The Morgan fingerprint density at radius 1 is 1.38 bits per heavy atom. The van der Waals surface area contributed by atoms with Crippen LogP contribution >= 0.6 is 0 Å². The monoisotopic (exact) mass is 313 g/mol. The number of hydrogen-bond acceptors (Lipinski definition) is 5. The van der Waals surface area contributed by atoms with Crippen molar-refractivity contribution < 1.29 is 13.5 Å². The van der Waals surface area contributed by atoms with Gasteiger partial charge >= 0.3 is 0 Å². The van der Waals surface area contributed by atoms with Crippen LogP contribution in [0.5, 0.6) is 0 Å². The number of anilines is 2. The van der Waals surface area contributed by atoms with Gasteiger partial charge in [0.1, 0.15) is 0 Å². The third-order valence-electron chi connectivity index (χ3n) is 4.35. The molecule has 0 aliphatic heterocycles. The normalized spacial score (nSPS) is 24.7. The zero-order chi connectivity index (χ0) is 16.0. The molecule has 7 heteroatoms. The molecule has 0 spiro atoms. The summed E-state index contributed by atoms with van der Waals surface area (Å²) >= 11 is 0. The number of nitrogens with two attached hydrogens (primary N) is 1. The first-order valence-electron chi connectivity index (χ1n) is 6.83. The Bertz CT molecular complexity index is 641. The average molecular weight is 313 g/mol. The Balaban J connectivity index is 2.30. The van der Waals surface area contributed by atoms with Gasteiger partial charge < -0.3 is 16.2 Å². The number of aliphatic hydroxyl groups excluding tert-OH is 1. The first-order valence-corrected chi connectivity index (χ1v) is 8.27. The van der Waals surface area contributed by atoms with E-state index in [1.807, 2.05) is 13.8 Å². The third kappa shape index (κ3) is 2.73. The molecule has 4 N–H and O–H groups in total. The van der Waals surface area contributed by atoms with Crippen molar-refractivity contribution in [2.24, 2.45) is 5.41 Å². The topological polar surface area (TPSA) is 95.7 Å². The Morgan fingerprint density at radius 3 is 2.48 bits per heavy atom. The minimum atomic E-state index is -3.49. The fraction of sp³-hybridized carbons (Fsp3) is 0.571. The largest absolute Gasteiger partial charge is 0.397 e. The van der Waals surface area contributed by atoms with Crippen LogP contribution in [0.2, 0.25) is 0 Å². The van der Waals surface area contributed by atoms with Gasteiger partial charge in [0.25, 0.3) is 0 Å². The highest BCUT2D eigenvalue weighted by atomic mass is 32.2. The number of sulfonamides is 1. The highest BCUT2D eigenvalue weighted by Crippen LogP contribution is 2.43. The van der Waals surface area contributed by atoms with E-state index in [1.54, 1.807) is 12.1 Å². The zero-order valence-electron chi connectivity index (χ0n) is 12.8. The molecule has 2 atom stereocenters. The number of nitrogen functional groups attached to an aromatic ring is 1. The van der Waals surface area contributed by atoms with Crippen LogP contribution in [0.25, 0.3) is 0 Å². The molecular weight excluding hydrogens is 290 g/mol. The quantitative estimate of drug-likeness (QED) is 0.723. The van der Waals surface area contributed by atoms with Crippen LogP contribution in [0.4, 0.5) is 11.4 Å². The fourth-order valence-electron chi connectivity index (χ4n) is 2.37. The van der Waals surface area contributed by atoms with Gasteiger partial charge in [0.15, 0.2) is 0 Å². The molecule has 0 aromatic heterocycles. The minimum Gasteiger partial charge on any atom is -0.397 e. The van der Waals surface area contributed by atoms with Gasteiger partial charge in [-0.3, -0.25) is 0 Å². The molecule has 1 aliphatic rings. The maximum Gasteiger partial charge on any atom is 0.242 e. The summed E-state index contributed by atoms with van der Waals surface area (Å²) in [5.74, 6) is 0. The summed E-state index contributed by atoms with van der Waals surface area (Å²) in [7, 11) is -0.511. The lowest BCUT2D eigenvalue weighted by molar-refractivity contribution is -0.0510. The SMILES string of the molecule is CN(C)S(=O)(=O)c1ccc(N)c(NC2CC(O)C2(C)C)c1. The predicted octanol–water partition coefficient (Wildman–Crippen LogP) is 1.09. The Kier molecular flexibility index (Phi) is 3.94. The summed E-state index contributed by atoms with van der Waals surface area (Å²) in [6.07, 6.45) is 0.266. The molecule has 0 radical (unpaired) electrons. The second kappa shape index (κ2) is 5.15. The molecule has 1 aliphatic carbocycles. The van der Waals surface area contributed by atoms with Gasteiger partial charge in [-0.05, 0) is 24.6 Å². The molecule has 0 saturated heterocycles. The van der Waals surface area contributed by atoms with Gasteiger partial charge in [0, 0.05) is 25.6 Å². The number of hydrogen-bond donors (Lipinski definition) is 3. The summed E-state index contributed by atoms with van der Waals surface area (Å²) in [6.45, 7) is 3.94. The second-order valence-electron chi connectivity index (χ2n) is 6.31. The van der Waals surface area contributed by atoms with Crippen molar-refractivity contribution in [2.45, 2.75) is 37.3 Å². The standard InChI is InChI=1S/C14H23N3O3S/c1-14(2)12(8-13(14)18)16-11-7-9(5-6-10(11)15)21(19,20)17(3)4/h5-7,12-13,16,18H,8,15H2,1-4H3. The van der Waals surface area contributed by atoms with Gasteiger partial charge in [0.05, 0.1) is 22.4 Å². The molecule has 6 nitrogen and oxygen atoms in total. The zero-order valence-corrected chi connectivity index (χ0v) is 13.6. The lowest BCUT2D eigenvalue weighted by Gasteiger charge is -2.50. The number of benzene rings is 1. The molecule has 118 valence electrons. The molecule has 1 aromatic carbocycles. The molecule has 2 unspecified atom stereocenters. The van der Waals surface area contributed by atoms with Crippen molar-refractivity contribution in [1.82, 2.24) is 4.31 Å². The molecule has 1 saturated carbocycles. The van der Waals surface area contributed by atoms with E-state index in [4.69, 9.17) is 5.73 Å². The predicted molar refractivity (Wildman–Crippen MR) is 83.5 cm³/mol. The lowest BCUT2D eigenvalue weighted by Crippen LogP contribution is -2.56. The first kappa shape index (κ1) is 16.1. The summed E-state index contributed by atoms with van der Waals surface area (Å²) < 4.78 is 25.5. The van der Waals surface area contributed by atoms with E-state index in [-0.39, 0.29) is 22.5 Å². The van der Waals surface area contributed by atoms with Crippen molar-refractivity contribution in [2.75, 3.05) is 25.1 Å². The summed E-state index contributed by atoms with van der Waals surface area (Å²) in [5, 5.41) is 13.0. The summed E-state index contributed by atoms with van der Waals surface area (Å²) in [6, 6.07) is 4.69. The molecule has 2 rings (SSSR count). The van der Waals surface area contributed by atoms with E-state index >= 15 is 0 Å². The van der Waals surface area contributed by atoms with Crippen molar-refractivity contribution in [3.05, 3.63) is 18.2 Å². The van der Waals surface area contributed by atoms with Crippen LogP contribution in [0.15, 0.2) is 23.1 Å². The summed E-state index contributed by atoms with van der Waals surface area (Å²) in [5.41, 5.74) is 6.74. The maximum atomic E-state index is 12.2. The number of nitrogens with one attached hydrogen (secondary N) is 1. The highest BCUT2D eigenvalue weighted by Gasteiger charge is 2.47. The van der Waals surface area contributed by atoms with Crippen LogP contribution in [0.3, 0.4) is 0 Å². The van der Waals surface area contributed by atoms with E-state index in [0.29, 0.717) is 17.8 Å². The second-order valence-corrected chi connectivity index (χ2v) is 8.46. The van der Waals surface area contributed by atoms with Crippen LogP contribution in [-0.4, -0.2) is 44.1 Å². The fourth-order valence-corrected chi connectivity index (χ4v) is 3.30. The van der Waals surface area contributed by atoms with Gasteiger partial charge in [-0.2, -0.15) is 0 Å². The highest BCUT2D eigenvalue weighted by molar-refractivity contribution is 7.89. The Labute approximate surface area is 126 Å². The van der Waals surface area contributed by atoms with E-state index in [1.165, 1.54) is 24.5 Å². The van der Waals surface area contributed by atoms with Gasteiger partial charge in [-0.15, -0.1) is 0 Å². The van der Waals surface area contributed by atoms with E-state index < -0.39 is 10.0 Å². The lowest BCUT2D eigenvalue weighted by atomic mass is 9.64. The average Bonchev–Trinajstić information content (AvgIpc) is 2.40. The van der Waals surface area contributed by atoms with Crippen molar-refractivity contribution >= 4 is 21.4 Å². The molecule has 21 heavy (non-hydrogen) atoms. The molecule has 0 bridgehead atoms. The Hall–Kier alpha value is -1.31. The van der Waals surface area contributed by atoms with E-state index in [9.17, 15) is 13.5 Å². The molecular formula is C14H23N3O3S. The molecule has 1 aromatic rings. The Morgan fingerprint density at radius 2 is 2.00 bits per heavy atom.